The van der Waals surface area contributed by atoms with Crippen LogP contribution in [0.2, 0.25) is 0 Å². The van der Waals surface area contributed by atoms with Crippen molar-refractivity contribution in [3.05, 3.63) is 77.9 Å². The zero-order chi connectivity index (χ0) is 27.2. The number of benzene rings is 4. The fourth-order valence-corrected chi connectivity index (χ4v) is 8.44. The molecule has 0 aromatic heterocycles. The van der Waals surface area contributed by atoms with Crippen molar-refractivity contribution < 1.29 is 0 Å². The van der Waals surface area contributed by atoms with Crippen molar-refractivity contribution in [1.29, 1.82) is 0 Å². The van der Waals surface area contributed by atoms with Gasteiger partial charge >= 0.3 is 0 Å². The zero-order valence-corrected chi connectivity index (χ0v) is 25.5. The fourth-order valence-electron chi connectivity index (χ4n) is 8.44. The van der Waals surface area contributed by atoms with Gasteiger partial charge in [0.1, 0.15) is 0 Å². The second kappa shape index (κ2) is 7.84. The minimum absolute atomic E-state index is 0. The molecule has 0 aliphatic heterocycles. The molecule has 0 saturated heterocycles. The fraction of sp³-hybridized carbons (Fsp3) is 0.421. The molecule has 2 aliphatic rings. The van der Waals surface area contributed by atoms with Crippen LogP contribution in [0, 0.1) is 83.1 Å². The van der Waals surface area contributed by atoms with Crippen LogP contribution in [0.4, 0.5) is 0 Å². The second-order valence-corrected chi connectivity index (χ2v) is 12.9. The van der Waals surface area contributed by atoms with Crippen LogP contribution in [0.3, 0.4) is 0 Å². The van der Waals surface area contributed by atoms with Crippen molar-refractivity contribution in [3.63, 3.8) is 0 Å². The first-order valence-corrected chi connectivity index (χ1v) is 14.0. The summed E-state index contributed by atoms with van der Waals surface area (Å²) >= 11 is 0. The van der Waals surface area contributed by atoms with Crippen LogP contribution in [0.25, 0.3) is 44.2 Å². The van der Waals surface area contributed by atoms with Crippen LogP contribution < -0.4 is 0 Å². The number of fused-ring (bicyclic) bond motifs is 5. The Labute approximate surface area is 231 Å². The van der Waals surface area contributed by atoms with E-state index < -0.39 is 0 Å². The van der Waals surface area contributed by atoms with Crippen LogP contribution in [-0.2, 0) is 5.41 Å². The molecule has 0 heteroatoms. The maximum atomic E-state index is 2.49. The standard InChI is InChI=1S/C37H42.CH4/c1-15-16(2)20(6)28-27(19(15)5)29-22(8)23(9)31-32-21(7)17(3)18(4)25(11)35(32)37(13,14)36-26(12)24(10)30(28)33(29)34(31)36;/h1-14H3;1H4. The molecule has 0 atom stereocenters. The van der Waals surface area contributed by atoms with Crippen molar-refractivity contribution in [2.75, 3.05) is 0 Å². The van der Waals surface area contributed by atoms with Gasteiger partial charge in [-0.3, -0.25) is 0 Å². The molecular weight excluding hydrogens is 456 g/mol. The van der Waals surface area contributed by atoms with Gasteiger partial charge in [0.15, 0.2) is 0 Å². The zero-order valence-electron chi connectivity index (χ0n) is 25.5. The lowest BCUT2D eigenvalue weighted by Crippen LogP contribution is -2.28. The van der Waals surface area contributed by atoms with Crippen molar-refractivity contribution in [2.24, 2.45) is 0 Å². The van der Waals surface area contributed by atoms with Gasteiger partial charge in [-0.25, -0.2) is 0 Å². The largest absolute Gasteiger partial charge is 0.0776 e. The van der Waals surface area contributed by atoms with Crippen molar-refractivity contribution in [1.82, 2.24) is 0 Å². The monoisotopic (exact) mass is 502 g/mol. The molecule has 0 nitrogen and oxygen atoms in total. The minimum Gasteiger partial charge on any atom is -0.0776 e. The van der Waals surface area contributed by atoms with E-state index in [9.17, 15) is 0 Å². The molecule has 198 valence electrons. The topological polar surface area (TPSA) is 0 Å². The Hall–Kier alpha value is -2.86. The summed E-state index contributed by atoms with van der Waals surface area (Å²) in [7, 11) is 0. The van der Waals surface area contributed by atoms with Gasteiger partial charge in [0, 0.05) is 5.41 Å². The summed E-state index contributed by atoms with van der Waals surface area (Å²) in [6.07, 6.45) is 0. The third-order valence-electron chi connectivity index (χ3n) is 11.2. The quantitative estimate of drug-likeness (QED) is 0.197. The van der Waals surface area contributed by atoms with Crippen LogP contribution in [-0.4, -0.2) is 0 Å². The van der Waals surface area contributed by atoms with Gasteiger partial charge in [-0.1, -0.05) is 21.3 Å². The summed E-state index contributed by atoms with van der Waals surface area (Å²) in [5.41, 5.74) is 29.6. The van der Waals surface area contributed by atoms with Gasteiger partial charge < -0.3 is 0 Å². The molecule has 0 bridgehead atoms. The van der Waals surface area contributed by atoms with Gasteiger partial charge in [-0.2, -0.15) is 0 Å². The lowest BCUT2D eigenvalue weighted by molar-refractivity contribution is 0.633. The Morgan fingerprint density at radius 2 is 0.579 bits per heavy atom. The van der Waals surface area contributed by atoms with Crippen molar-refractivity contribution in [2.45, 2.75) is 110 Å². The highest BCUT2D eigenvalue weighted by molar-refractivity contribution is 6.25. The van der Waals surface area contributed by atoms with E-state index in [0.29, 0.717) is 0 Å². The molecule has 0 spiro atoms. The number of rotatable bonds is 0. The molecule has 0 amide bonds. The molecule has 2 aliphatic carbocycles. The van der Waals surface area contributed by atoms with Gasteiger partial charge in [-0.05, 0) is 205 Å². The molecule has 0 fully saturated rings. The molecule has 4 aromatic rings. The summed E-state index contributed by atoms with van der Waals surface area (Å²) in [5, 5.41) is 3.06. The average molecular weight is 503 g/mol. The smallest absolute Gasteiger partial charge is 0.0164 e. The first kappa shape index (κ1) is 26.7. The summed E-state index contributed by atoms with van der Waals surface area (Å²) in [4.78, 5) is 0. The van der Waals surface area contributed by atoms with Crippen LogP contribution >= 0.6 is 0 Å². The van der Waals surface area contributed by atoms with Gasteiger partial charge in [0.05, 0.1) is 0 Å². The molecule has 0 unspecified atom stereocenters. The Kier molecular flexibility index (Phi) is 5.52. The first-order valence-electron chi connectivity index (χ1n) is 14.0. The van der Waals surface area contributed by atoms with Crippen molar-refractivity contribution in [3.8, 4) is 33.4 Å². The van der Waals surface area contributed by atoms with E-state index in [1.165, 1.54) is 111 Å². The lowest BCUT2D eigenvalue weighted by Gasteiger charge is -2.41. The summed E-state index contributed by atoms with van der Waals surface area (Å²) < 4.78 is 0. The summed E-state index contributed by atoms with van der Waals surface area (Å²) in [6.45, 7) is 33.3. The highest BCUT2D eigenvalue weighted by Gasteiger charge is 2.43. The number of hydrogen-bond donors (Lipinski definition) is 0. The third kappa shape index (κ3) is 2.67. The Balaban J connectivity index is 0.00000294. The van der Waals surface area contributed by atoms with E-state index in [0.717, 1.165) is 0 Å². The highest BCUT2D eigenvalue weighted by atomic mass is 14.5. The van der Waals surface area contributed by atoms with Gasteiger partial charge in [-0.15, -0.1) is 0 Å². The van der Waals surface area contributed by atoms with Crippen LogP contribution in [0.5, 0.6) is 0 Å². The van der Waals surface area contributed by atoms with E-state index in [2.05, 4.69) is 96.9 Å². The highest BCUT2D eigenvalue weighted by Crippen LogP contribution is 2.62. The van der Waals surface area contributed by atoms with E-state index in [1.54, 1.807) is 11.1 Å². The van der Waals surface area contributed by atoms with Crippen LogP contribution in [0.1, 0.15) is 99.2 Å². The Morgan fingerprint density at radius 3 is 1.03 bits per heavy atom. The first-order chi connectivity index (χ1) is 17.2. The third-order valence-corrected chi connectivity index (χ3v) is 11.2. The second-order valence-electron chi connectivity index (χ2n) is 12.9. The maximum absolute atomic E-state index is 2.49. The maximum Gasteiger partial charge on any atom is 0.0164 e. The SMILES string of the molecule is C.Cc1c(C)c(C)c2c(c1C)-c1c(C)c(C)c3c4c(c(C)c(C)c-2c14)C(C)(C)c1c(C)c(C)c(C)c(C)c1-3. The van der Waals surface area contributed by atoms with Gasteiger partial charge in [0.25, 0.3) is 0 Å². The molecule has 4 aromatic carbocycles. The van der Waals surface area contributed by atoms with E-state index in [4.69, 9.17) is 0 Å². The predicted octanol–water partition coefficient (Wildman–Crippen LogP) is 11.1. The Morgan fingerprint density at radius 1 is 0.289 bits per heavy atom. The van der Waals surface area contributed by atoms with E-state index in [1.807, 2.05) is 0 Å². The Bertz CT molecular complexity index is 1740. The average Bonchev–Trinajstić information content (AvgIpc) is 3.21. The van der Waals surface area contributed by atoms with Gasteiger partial charge in [0.2, 0.25) is 0 Å². The lowest BCUT2D eigenvalue weighted by atomic mass is 9.62. The predicted molar refractivity (Wildman–Crippen MR) is 170 cm³/mol. The van der Waals surface area contributed by atoms with Crippen molar-refractivity contribution >= 4 is 10.8 Å². The van der Waals surface area contributed by atoms with Crippen LogP contribution in [0.15, 0.2) is 0 Å². The molecular formula is C38H46. The van der Waals surface area contributed by atoms with E-state index in [-0.39, 0.29) is 12.8 Å². The normalized spacial score (nSPS) is 14.1. The molecule has 0 saturated carbocycles. The molecule has 0 heterocycles. The molecule has 38 heavy (non-hydrogen) atoms. The molecule has 6 rings (SSSR count). The molecule has 0 radical (unpaired) electrons. The molecule has 0 N–H and O–H groups in total. The van der Waals surface area contributed by atoms with E-state index >= 15 is 0 Å². The summed E-state index contributed by atoms with van der Waals surface area (Å²) in [6, 6.07) is 0. The minimum atomic E-state index is -0.0628. The number of hydrogen-bond acceptors (Lipinski definition) is 0. The summed E-state index contributed by atoms with van der Waals surface area (Å²) in [5.74, 6) is 0.